The molecule has 1 aliphatic rings. The molecular formula is C16H25N3O2S2. The highest BCUT2D eigenvalue weighted by atomic mass is 32.2. The lowest BCUT2D eigenvalue weighted by atomic mass is 10.1. The topological polar surface area (TPSA) is 61.4 Å². The number of rotatable bonds is 7. The molecule has 0 radical (unpaired) electrons. The first-order chi connectivity index (χ1) is 11.0. The Morgan fingerprint density at radius 3 is 2.83 bits per heavy atom. The van der Waals surface area contributed by atoms with Crippen LogP contribution < -0.4 is 10.6 Å². The Hall–Kier alpha value is -1.05. The summed E-state index contributed by atoms with van der Waals surface area (Å²) < 4.78 is 0. The van der Waals surface area contributed by atoms with E-state index in [9.17, 15) is 9.59 Å². The molecule has 0 unspecified atom stereocenters. The normalized spacial score (nSPS) is 21.3. The van der Waals surface area contributed by atoms with Crippen molar-refractivity contribution in [1.29, 1.82) is 0 Å². The van der Waals surface area contributed by atoms with Crippen molar-refractivity contribution in [3.05, 3.63) is 21.9 Å². The van der Waals surface area contributed by atoms with Crippen molar-refractivity contribution in [2.75, 3.05) is 25.1 Å². The third-order valence-corrected chi connectivity index (χ3v) is 5.39. The first-order valence-electron chi connectivity index (χ1n) is 7.88. The van der Waals surface area contributed by atoms with Crippen LogP contribution in [0.15, 0.2) is 12.1 Å². The Labute approximate surface area is 146 Å². The van der Waals surface area contributed by atoms with E-state index in [1.807, 2.05) is 13.2 Å². The van der Waals surface area contributed by atoms with Crippen LogP contribution in [0.25, 0.3) is 0 Å². The van der Waals surface area contributed by atoms with Crippen molar-refractivity contribution in [3.8, 4) is 0 Å². The summed E-state index contributed by atoms with van der Waals surface area (Å²) >= 11 is 3.27. The zero-order chi connectivity index (χ0) is 16.8. The minimum Gasteiger partial charge on any atom is -0.355 e. The molecule has 2 atom stereocenters. The number of nitrogens with one attached hydrogen (secondary N) is 2. The van der Waals surface area contributed by atoms with Crippen LogP contribution in [0.5, 0.6) is 0 Å². The average Bonchev–Trinajstić information content (AvgIpc) is 3.06. The molecule has 2 N–H and O–H groups in total. The lowest BCUT2D eigenvalue weighted by Crippen LogP contribution is -2.42. The molecule has 0 saturated carbocycles. The summed E-state index contributed by atoms with van der Waals surface area (Å²) in [5.74, 6) is 0.570. The van der Waals surface area contributed by atoms with Crippen molar-refractivity contribution in [2.45, 2.75) is 38.9 Å². The van der Waals surface area contributed by atoms with E-state index in [1.165, 1.54) is 21.5 Å². The highest BCUT2D eigenvalue weighted by Crippen LogP contribution is 2.24. The zero-order valence-electron chi connectivity index (χ0n) is 13.9. The first-order valence-corrected chi connectivity index (χ1v) is 10.1. The van der Waals surface area contributed by atoms with Crippen molar-refractivity contribution in [3.63, 3.8) is 0 Å². The van der Waals surface area contributed by atoms with Gasteiger partial charge in [-0.2, -0.15) is 11.8 Å². The van der Waals surface area contributed by atoms with Gasteiger partial charge >= 0.3 is 0 Å². The maximum atomic E-state index is 12.3. The van der Waals surface area contributed by atoms with Crippen LogP contribution in [0.4, 0.5) is 0 Å². The van der Waals surface area contributed by atoms with Gasteiger partial charge in [0.2, 0.25) is 11.8 Å². The van der Waals surface area contributed by atoms with Crippen LogP contribution in [0.3, 0.4) is 0 Å². The third kappa shape index (κ3) is 5.22. The molecule has 1 aromatic rings. The Balaban J connectivity index is 2.02. The van der Waals surface area contributed by atoms with Gasteiger partial charge in [-0.3, -0.25) is 14.5 Å². The van der Waals surface area contributed by atoms with E-state index < -0.39 is 0 Å². The minimum absolute atomic E-state index is 0.0447. The summed E-state index contributed by atoms with van der Waals surface area (Å²) in [6.45, 7) is 6.13. The van der Waals surface area contributed by atoms with Crippen molar-refractivity contribution in [2.24, 2.45) is 0 Å². The van der Waals surface area contributed by atoms with Gasteiger partial charge in [0.1, 0.15) is 0 Å². The summed E-state index contributed by atoms with van der Waals surface area (Å²) in [7, 11) is 0. The lowest BCUT2D eigenvalue weighted by molar-refractivity contribution is -0.125. The van der Waals surface area contributed by atoms with E-state index in [1.54, 1.807) is 11.3 Å². The van der Waals surface area contributed by atoms with E-state index in [0.29, 0.717) is 18.7 Å². The maximum absolute atomic E-state index is 12.3. The van der Waals surface area contributed by atoms with Gasteiger partial charge in [0.25, 0.3) is 0 Å². The van der Waals surface area contributed by atoms with Crippen LogP contribution in [0, 0.1) is 6.92 Å². The molecule has 0 bridgehead atoms. The summed E-state index contributed by atoms with van der Waals surface area (Å²) in [5, 5.41) is 5.96. The predicted octanol–water partition coefficient (Wildman–Crippen LogP) is 1.61. The average molecular weight is 356 g/mol. The van der Waals surface area contributed by atoms with Crippen molar-refractivity contribution in [1.82, 2.24) is 15.5 Å². The highest BCUT2D eigenvalue weighted by Gasteiger charge is 2.37. The Bertz CT molecular complexity index is 547. The maximum Gasteiger partial charge on any atom is 0.237 e. The van der Waals surface area contributed by atoms with Crippen LogP contribution in [-0.4, -0.2) is 53.9 Å². The molecule has 0 spiro atoms. The Kier molecular flexibility index (Phi) is 6.92. The molecule has 23 heavy (non-hydrogen) atoms. The fourth-order valence-electron chi connectivity index (χ4n) is 2.92. The summed E-state index contributed by atoms with van der Waals surface area (Å²) in [5.41, 5.74) is 0. The van der Waals surface area contributed by atoms with E-state index in [-0.39, 0.29) is 23.9 Å². The number of thiophene rings is 1. The zero-order valence-corrected chi connectivity index (χ0v) is 15.6. The summed E-state index contributed by atoms with van der Waals surface area (Å²) in [6.07, 6.45) is 2.59. The number of thioether (sulfide) groups is 1. The smallest absolute Gasteiger partial charge is 0.237 e. The van der Waals surface area contributed by atoms with Gasteiger partial charge in [0.05, 0.1) is 11.8 Å². The van der Waals surface area contributed by atoms with Crippen LogP contribution in [-0.2, 0) is 16.1 Å². The molecule has 1 aliphatic heterocycles. The lowest BCUT2D eigenvalue weighted by Gasteiger charge is -2.22. The largest absolute Gasteiger partial charge is 0.355 e. The number of nitrogens with zero attached hydrogens (tertiary/aromatic N) is 1. The van der Waals surface area contributed by atoms with Crippen LogP contribution in [0.1, 0.15) is 23.1 Å². The summed E-state index contributed by atoms with van der Waals surface area (Å²) in [4.78, 5) is 28.9. The van der Waals surface area contributed by atoms with Gasteiger partial charge in [-0.25, -0.2) is 0 Å². The first kappa shape index (κ1) is 18.3. The van der Waals surface area contributed by atoms with Gasteiger partial charge in [0.15, 0.2) is 0 Å². The second-order valence-corrected chi connectivity index (χ2v) is 8.02. The van der Waals surface area contributed by atoms with E-state index in [0.717, 1.165) is 13.1 Å². The fourth-order valence-corrected chi connectivity index (χ4v) is 4.18. The SMILES string of the molecule is CCNC(=O)[C@@H]1C[C@H](NC(=O)CSC)CN1Cc1ccc(C)s1. The Morgan fingerprint density at radius 1 is 1.43 bits per heavy atom. The number of carbonyl (C=O) groups excluding carboxylic acids is 2. The number of amides is 2. The molecule has 1 aromatic heterocycles. The molecule has 128 valence electrons. The van der Waals surface area contributed by atoms with Crippen LogP contribution in [0.2, 0.25) is 0 Å². The highest BCUT2D eigenvalue weighted by molar-refractivity contribution is 7.99. The molecule has 2 rings (SSSR count). The number of hydrogen-bond acceptors (Lipinski definition) is 5. The molecule has 7 heteroatoms. The van der Waals surface area contributed by atoms with Crippen molar-refractivity contribution < 1.29 is 9.59 Å². The standard InChI is InChI=1S/C16H25N3O2S2/c1-4-17-16(21)14-7-12(18-15(20)10-22-3)8-19(14)9-13-6-5-11(2)23-13/h5-6,12,14H,4,7-10H2,1-3H3,(H,17,21)(H,18,20)/t12-,14-/m0/s1. The van der Waals surface area contributed by atoms with Gasteiger partial charge in [-0.1, -0.05) is 0 Å². The Morgan fingerprint density at radius 2 is 2.22 bits per heavy atom. The van der Waals surface area contributed by atoms with E-state index in [2.05, 4.69) is 34.6 Å². The molecule has 2 amide bonds. The molecule has 0 aliphatic carbocycles. The number of aryl methyl sites for hydroxylation is 1. The summed E-state index contributed by atoms with van der Waals surface area (Å²) in [6, 6.07) is 4.10. The predicted molar refractivity (Wildman–Crippen MR) is 96.9 cm³/mol. The number of likely N-dealkylation sites (N-methyl/N-ethyl adjacent to an activating group) is 1. The second kappa shape index (κ2) is 8.70. The number of likely N-dealkylation sites (tertiary alicyclic amines) is 1. The van der Waals surface area contributed by atoms with Gasteiger partial charge in [-0.05, 0) is 38.7 Å². The third-order valence-electron chi connectivity index (χ3n) is 3.85. The van der Waals surface area contributed by atoms with Crippen LogP contribution >= 0.6 is 23.1 Å². The number of carbonyl (C=O) groups is 2. The monoisotopic (exact) mass is 355 g/mol. The second-order valence-electron chi connectivity index (χ2n) is 5.79. The molecule has 0 aromatic carbocycles. The number of hydrogen-bond donors (Lipinski definition) is 2. The van der Waals surface area contributed by atoms with Gasteiger partial charge in [0, 0.05) is 35.4 Å². The van der Waals surface area contributed by atoms with E-state index >= 15 is 0 Å². The quantitative estimate of drug-likeness (QED) is 0.780. The molecule has 1 saturated heterocycles. The van der Waals surface area contributed by atoms with Gasteiger partial charge < -0.3 is 10.6 Å². The molecule has 5 nitrogen and oxygen atoms in total. The van der Waals surface area contributed by atoms with Gasteiger partial charge in [-0.15, -0.1) is 11.3 Å². The van der Waals surface area contributed by atoms with E-state index in [4.69, 9.17) is 0 Å². The molecule has 1 fully saturated rings. The van der Waals surface area contributed by atoms with Crippen molar-refractivity contribution >= 4 is 34.9 Å². The minimum atomic E-state index is -0.170. The molecular weight excluding hydrogens is 330 g/mol. The molecule has 2 heterocycles. The fraction of sp³-hybridized carbons (Fsp3) is 0.625.